The van der Waals surface area contributed by atoms with E-state index in [-0.39, 0.29) is 0 Å². The van der Waals surface area contributed by atoms with Gasteiger partial charge in [-0.15, -0.1) is 0 Å². The zero-order chi connectivity index (χ0) is 35.8. The summed E-state index contributed by atoms with van der Waals surface area (Å²) in [6, 6.07) is 62.6. The number of para-hydroxylation sites is 1. The summed E-state index contributed by atoms with van der Waals surface area (Å²) in [7, 11) is 0. The van der Waals surface area contributed by atoms with E-state index in [2.05, 4.69) is 132 Å². The van der Waals surface area contributed by atoms with Crippen LogP contribution in [0.5, 0.6) is 0 Å². The molecule has 0 aliphatic heterocycles. The highest BCUT2D eigenvalue weighted by atomic mass is 14.9. The molecule has 0 N–H and O–H groups in total. The van der Waals surface area contributed by atoms with Gasteiger partial charge in [0.25, 0.3) is 0 Å². The van der Waals surface area contributed by atoms with Crippen molar-refractivity contribution in [2.45, 2.75) is 0 Å². The van der Waals surface area contributed by atoms with Gasteiger partial charge < -0.3 is 0 Å². The summed E-state index contributed by atoms with van der Waals surface area (Å²) < 4.78 is 0. The van der Waals surface area contributed by atoms with Crippen LogP contribution < -0.4 is 0 Å². The van der Waals surface area contributed by atoms with Crippen LogP contribution in [0.3, 0.4) is 0 Å². The summed E-state index contributed by atoms with van der Waals surface area (Å²) in [5.41, 5.74) is 13.6. The fourth-order valence-electron chi connectivity index (χ4n) is 7.12. The van der Waals surface area contributed by atoms with Crippen molar-refractivity contribution in [1.82, 2.24) is 24.9 Å². The second-order valence-electron chi connectivity index (χ2n) is 13.4. The Morgan fingerprint density at radius 3 is 1.57 bits per heavy atom. The molecule has 0 saturated carbocycles. The highest BCUT2D eigenvalue weighted by molar-refractivity contribution is 5.95. The van der Waals surface area contributed by atoms with E-state index in [4.69, 9.17) is 19.9 Å². The lowest BCUT2D eigenvalue weighted by atomic mass is 10.00. The zero-order valence-electron chi connectivity index (χ0n) is 29.1. The molecule has 252 valence electrons. The number of fused-ring (bicyclic) bond motifs is 3. The van der Waals surface area contributed by atoms with Crippen molar-refractivity contribution in [3.63, 3.8) is 0 Å². The summed E-state index contributed by atoms with van der Waals surface area (Å²) in [4.78, 5) is 25.0. The number of aromatic nitrogens is 5. The maximum absolute atomic E-state index is 5.19. The molecule has 0 bridgehead atoms. The van der Waals surface area contributed by atoms with Crippen LogP contribution in [0.2, 0.25) is 0 Å². The molecule has 0 unspecified atom stereocenters. The average molecular weight is 690 g/mol. The molecule has 0 fully saturated rings. The molecule has 54 heavy (non-hydrogen) atoms. The van der Waals surface area contributed by atoms with Crippen LogP contribution in [0.1, 0.15) is 0 Å². The Kier molecular flexibility index (Phi) is 7.73. The summed E-state index contributed by atoms with van der Waals surface area (Å²) >= 11 is 0. The van der Waals surface area contributed by atoms with E-state index >= 15 is 0 Å². The Labute approximate surface area is 312 Å². The van der Waals surface area contributed by atoms with Crippen molar-refractivity contribution in [3.8, 4) is 67.5 Å². The Hall–Kier alpha value is -7.37. The molecule has 0 saturated heterocycles. The first-order valence-corrected chi connectivity index (χ1v) is 18.0. The molecular formula is C49H31N5. The lowest BCUT2D eigenvalue weighted by Gasteiger charge is -2.11. The largest absolute Gasteiger partial charge is 0.256 e. The third-order valence-corrected chi connectivity index (χ3v) is 9.91. The molecule has 5 heteroatoms. The third-order valence-electron chi connectivity index (χ3n) is 9.91. The predicted octanol–water partition coefficient (Wildman–Crippen LogP) is 12.1. The van der Waals surface area contributed by atoms with Crippen molar-refractivity contribution in [2.75, 3.05) is 0 Å². The van der Waals surface area contributed by atoms with Crippen LogP contribution in [0, 0.1) is 0 Å². The van der Waals surface area contributed by atoms with E-state index in [0.29, 0.717) is 5.82 Å². The van der Waals surface area contributed by atoms with Gasteiger partial charge in [-0.05, 0) is 53.6 Å². The molecular weight excluding hydrogens is 659 g/mol. The summed E-state index contributed by atoms with van der Waals surface area (Å²) in [6.45, 7) is 0. The van der Waals surface area contributed by atoms with Gasteiger partial charge in [-0.3, -0.25) is 4.98 Å². The van der Waals surface area contributed by atoms with Gasteiger partial charge in [0.05, 0.1) is 39.3 Å². The highest BCUT2D eigenvalue weighted by Gasteiger charge is 2.13. The molecule has 0 radical (unpaired) electrons. The van der Waals surface area contributed by atoms with Crippen molar-refractivity contribution < 1.29 is 0 Å². The SMILES string of the molecule is c1ccc(-c2cc(-c3cccc(-c4ccc5ccc(-c6ccc7ccc(-c8cccc9cccnc89)nc7c6)cc5n4)c3)nc(-c3ccccc3)n2)cc1. The van der Waals surface area contributed by atoms with E-state index < -0.39 is 0 Å². The monoisotopic (exact) mass is 689 g/mol. The predicted molar refractivity (Wildman–Crippen MR) is 221 cm³/mol. The normalized spacial score (nSPS) is 11.3. The van der Waals surface area contributed by atoms with Crippen LogP contribution in [0.4, 0.5) is 0 Å². The van der Waals surface area contributed by atoms with E-state index in [1.807, 2.05) is 60.8 Å². The number of nitrogens with zero attached hydrogens (tertiary/aromatic N) is 5. The lowest BCUT2D eigenvalue weighted by Crippen LogP contribution is -1.96. The molecule has 0 atom stereocenters. The summed E-state index contributed by atoms with van der Waals surface area (Å²) in [5, 5.41) is 3.27. The van der Waals surface area contributed by atoms with Gasteiger partial charge in [0.1, 0.15) is 0 Å². The van der Waals surface area contributed by atoms with E-state index in [0.717, 1.165) is 94.4 Å². The maximum atomic E-state index is 5.19. The minimum atomic E-state index is 0.694. The summed E-state index contributed by atoms with van der Waals surface area (Å²) in [5.74, 6) is 0.694. The molecule has 4 aromatic heterocycles. The lowest BCUT2D eigenvalue weighted by molar-refractivity contribution is 1.18. The average Bonchev–Trinajstić information content (AvgIpc) is 3.26. The number of hydrogen-bond donors (Lipinski definition) is 0. The second-order valence-corrected chi connectivity index (χ2v) is 13.4. The van der Waals surface area contributed by atoms with Crippen LogP contribution in [-0.2, 0) is 0 Å². The van der Waals surface area contributed by atoms with E-state index in [9.17, 15) is 0 Å². The quantitative estimate of drug-likeness (QED) is 0.174. The maximum Gasteiger partial charge on any atom is 0.160 e. The third kappa shape index (κ3) is 5.94. The van der Waals surface area contributed by atoms with Crippen molar-refractivity contribution >= 4 is 32.7 Å². The molecule has 6 aromatic carbocycles. The van der Waals surface area contributed by atoms with Gasteiger partial charge in [0, 0.05) is 50.2 Å². The molecule has 0 aliphatic carbocycles. The second kappa shape index (κ2) is 13.3. The molecule has 4 heterocycles. The number of benzene rings is 6. The smallest absolute Gasteiger partial charge is 0.160 e. The van der Waals surface area contributed by atoms with Crippen LogP contribution in [-0.4, -0.2) is 24.9 Å². The standard InChI is InChI=1S/C49H31N5/c1-3-10-32(11-4-1)46-31-47(54-49(53-46)36-12-5-2-6-13-36)40-16-7-15-39(28-40)42-25-23-33-19-21-37(29-44(33)51-42)38-22-20-34-24-26-43(52-45(34)30-38)41-18-8-14-35-17-9-27-50-48(35)41/h1-31H. The van der Waals surface area contributed by atoms with E-state index in [1.54, 1.807) is 0 Å². The fourth-order valence-corrected chi connectivity index (χ4v) is 7.12. The minimum absolute atomic E-state index is 0.694. The van der Waals surface area contributed by atoms with Gasteiger partial charge in [-0.2, -0.15) is 0 Å². The van der Waals surface area contributed by atoms with Crippen LogP contribution in [0.15, 0.2) is 188 Å². The van der Waals surface area contributed by atoms with Crippen molar-refractivity contribution in [1.29, 1.82) is 0 Å². The molecule has 0 spiro atoms. The van der Waals surface area contributed by atoms with Gasteiger partial charge in [-0.1, -0.05) is 140 Å². The summed E-state index contributed by atoms with van der Waals surface area (Å²) in [6.07, 6.45) is 1.84. The fraction of sp³-hybridized carbons (Fsp3) is 0. The first-order valence-electron chi connectivity index (χ1n) is 18.0. The van der Waals surface area contributed by atoms with Crippen LogP contribution >= 0.6 is 0 Å². The van der Waals surface area contributed by atoms with Crippen molar-refractivity contribution in [2.24, 2.45) is 0 Å². The molecule has 10 rings (SSSR count). The van der Waals surface area contributed by atoms with Crippen LogP contribution in [0.25, 0.3) is 100 Å². The number of pyridine rings is 3. The topological polar surface area (TPSA) is 64.5 Å². The van der Waals surface area contributed by atoms with Gasteiger partial charge in [-0.25, -0.2) is 19.9 Å². The molecule has 0 amide bonds. The van der Waals surface area contributed by atoms with E-state index in [1.165, 1.54) is 0 Å². The Morgan fingerprint density at radius 2 is 0.852 bits per heavy atom. The Bertz CT molecular complexity index is 2930. The number of hydrogen-bond acceptors (Lipinski definition) is 5. The first-order chi connectivity index (χ1) is 26.7. The zero-order valence-corrected chi connectivity index (χ0v) is 29.1. The Morgan fingerprint density at radius 1 is 0.296 bits per heavy atom. The molecule has 5 nitrogen and oxygen atoms in total. The number of rotatable bonds is 6. The molecule has 10 aromatic rings. The highest BCUT2D eigenvalue weighted by Crippen LogP contribution is 2.33. The Balaban J connectivity index is 1.01. The van der Waals surface area contributed by atoms with Gasteiger partial charge >= 0.3 is 0 Å². The minimum Gasteiger partial charge on any atom is -0.256 e. The first kappa shape index (κ1) is 31.4. The van der Waals surface area contributed by atoms with Gasteiger partial charge in [0.15, 0.2) is 5.82 Å². The van der Waals surface area contributed by atoms with Crippen molar-refractivity contribution in [3.05, 3.63) is 188 Å². The molecule has 0 aliphatic rings. The van der Waals surface area contributed by atoms with Gasteiger partial charge in [0.2, 0.25) is 0 Å².